The summed E-state index contributed by atoms with van der Waals surface area (Å²) in [5.41, 5.74) is 1.78. The first kappa shape index (κ1) is 18.9. The summed E-state index contributed by atoms with van der Waals surface area (Å²) in [5.74, 6) is 2.33. The number of para-hydroxylation sites is 1. The maximum atomic E-state index is 13.3. The number of nitrogens with zero attached hydrogens (tertiary/aromatic N) is 2. The van der Waals surface area contributed by atoms with Gasteiger partial charge in [-0.05, 0) is 43.2 Å². The van der Waals surface area contributed by atoms with Gasteiger partial charge < -0.3 is 15.4 Å². The fraction of sp³-hybridized carbons (Fsp3) is 0.200. The quantitative estimate of drug-likeness (QED) is 0.599. The van der Waals surface area contributed by atoms with Gasteiger partial charge in [0, 0.05) is 18.3 Å². The van der Waals surface area contributed by atoms with Crippen LogP contribution in [0.2, 0.25) is 5.02 Å². The zero-order valence-corrected chi connectivity index (χ0v) is 15.8. The van der Waals surface area contributed by atoms with E-state index in [0.29, 0.717) is 29.7 Å². The van der Waals surface area contributed by atoms with Crippen molar-refractivity contribution in [3.8, 4) is 5.75 Å². The van der Waals surface area contributed by atoms with Gasteiger partial charge >= 0.3 is 0 Å². The molecule has 5 nitrogen and oxygen atoms in total. The minimum atomic E-state index is -0.459. The van der Waals surface area contributed by atoms with Crippen molar-refractivity contribution in [2.45, 2.75) is 13.3 Å². The van der Waals surface area contributed by atoms with E-state index >= 15 is 0 Å². The first-order valence-corrected chi connectivity index (χ1v) is 8.86. The van der Waals surface area contributed by atoms with Gasteiger partial charge in [0.1, 0.15) is 29.0 Å². The minimum absolute atomic E-state index is 0.0564. The van der Waals surface area contributed by atoms with Crippen LogP contribution in [0.15, 0.2) is 48.5 Å². The Morgan fingerprint density at radius 1 is 1.07 bits per heavy atom. The molecule has 27 heavy (non-hydrogen) atoms. The predicted octanol–water partition coefficient (Wildman–Crippen LogP) is 4.98. The van der Waals surface area contributed by atoms with Gasteiger partial charge in [-0.15, -0.1) is 0 Å². The van der Waals surface area contributed by atoms with E-state index in [4.69, 9.17) is 16.3 Å². The van der Waals surface area contributed by atoms with Crippen molar-refractivity contribution in [1.82, 2.24) is 9.97 Å². The van der Waals surface area contributed by atoms with E-state index < -0.39 is 5.82 Å². The van der Waals surface area contributed by atoms with Crippen LogP contribution in [0.5, 0.6) is 5.75 Å². The van der Waals surface area contributed by atoms with Gasteiger partial charge in [-0.3, -0.25) is 0 Å². The summed E-state index contributed by atoms with van der Waals surface area (Å²) >= 11 is 5.82. The van der Waals surface area contributed by atoms with Crippen molar-refractivity contribution in [2.24, 2.45) is 0 Å². The van der Waals surface area contributed by atoms with Crippen LogP contribution in [0.3, 0.4) is 0 Å². The highest BCUT2D eigenvalue weighted by atomic mass is 35.5. The van der Waals surface area contributed by atoms with Gasteiger partial charge in [0.25, 0.3) is 0 Å². The molecule has 140 valence electrons. The number of methoxy groups -OCH3 is 1. The number of hydrogen-bond acceptors (Lipinski definition) is 5. The molecule has 2 aromatic carbocycles. The molecule has 0 aliphatic carbocycles. The zero-order valence-electron chi connectivity index (χ0n) is 15.1. The average Bonchev–Trinajstić information content (AvgIpc) is 2.65. The lowest BCUT2D eigenvalue weighted by atomic mass is 10.1. The van der Waals surface area contributed by atoms with Crippen molar-refractivity contribution < 1.29 is 9.13 Å². The number of anilines is 3. The summed E-state index contributed by atoms with van der Waals surface area (Å²) in [5, 5.41) is 6.47. The SMILES string of the molecule is COc1ccccc1CCNc1cc(Nc2ccc(F)c(Cl)c2)nc(C)n1. The van der Waals surface area contributed by atoms with Crippen LogP contribution in [-0.2, 0) is 6.42 Å². The minimum Gasteiger partial charge on any atom is -0.496 e. The number of benzene rings is 2. The second-order valence-electron chi connectivity index (χ2n) is 5.93. The molecule has 0 unspecified atom stereocenters. The highest BCUT2D eigenvalue weighted by molar-refractivity contribution is 6.31. The highest BCUT2D eigenvalue weighted by Crippen LogP contribution is 2.23. The Hall–Kier alpha value is -2.86. The maximum absolute atomic E-state index is 13.3. The molecule has 1 aromatic heterocycles. The lowest BCUT2D eigenvalue weighted by molar-refractivity contribution is 0.410. The lowest BCUT2D eigenvalue weighted by Gasteiger charge is -2.12. The van der Waals surface area contributed by atoms with Crippen molar-refractivity contribution >= 4 is 28.9 Å². The molecule has 0 spiro atoms. The molecular weight excluding hydrogens is 367 g/mol. The second kappa shape index (κ2) is 8.68. The van der Waals surface area contributed by atoms with Gasteiger partial charge in [0.15, 0.2) is 0 Å². The van der Waals surface area contributed by atoms with Crippen LogP contribution in [0.1, 0.15) is 11.4 Å². The average molecular weight is 387 g/mol. The van der Waals surface area contributed by atoms with Crippen LogP contribution in [0.25, 0.3) is 0 Å². The monoisotopic (exact) mass is 386 g/mol. The van der Waals surface area contributed by atoms with Crippen LogP contribution < -0.4 is 15.4 Å². The molecule has 0 aliphatic heterocycles. The van der Waals surface area contributed by atoms with E-state index in [-0.39, 0.29) is 5.02 Å². The molecule has 0 saturated carbocycles. The number of halogens is 2. The number of hydrogen-bond donors (Lipinski definition) is 2. The van der Waals surface area contributed by atoms with Crippen LogP contribution in [-0.4, -0.2) is 23.6 Å². The Bertz CT molecular complexity index is 936. The highest BCUT2D eigenvalue weighted by Gasteiger charge is 2.06. The largest absolute Gasteiger partial charge is 0.496 e. The lowest BCUT2D eigenvalue weighted by Crippen LogP contribution is -2.09. The van der Waals surface area contributed by atoms with Gasteiger partial charge in [-0.25, -0.2) is 14.4 Å². The first-order chi connectivity index (χ1) is 13.0. The molecule has 3 rings (SSSR count). The van der Waals surface area contributed by atoms with E-state index in [9.17, 15) is 4.39 Å². The summed E-state index contributed by atoms with van der Waals surface area (Å²) in [6.07, 6.45) is 0.795. The molecule has 3 aromatic rings. The maximum Gasteiger partial charge on any atom is 0.141 e. The number of aromatic nitrogens is 2. The Balaban J connectivity index is 1.67. The number of aryl methyl sites for hydroxylation is 1. The van der Waals surface area contributed by atoms with E-state index in [1.165, 1.54) is 12.1 Å². The summed E-state index contributed by atoms with van der Waals surface area (Å²) in [4.78, 5) is 8.76. The number of nitrogens with one attached hydrogen (secondary N) is 2. The van der Waals surface area contributed by atoms with Gasteiger partial charge in [0.05, 0.1) is 12.1 Å². The molecule has 0 saturated heterocycles. The molecule has 0 amide bonds. The first-order valence-electron chi connectivity index (χ1n) is 8.48. The third-order valence-corrected chi connectivity index (χ3v) is 4.21. The van der Waals surface area contributed by atoms with Gasteiger partial charge in [-0.2, -0.15) is 0 Å². The van der Waals surface area contributed by atoms with E-state index in [0.717, 1.165) is 17.7 Å². The van der Waals surface area contributed by atoms with Crippen LogP contribution in [0, 0.1) is 12.7 Å². The molecule has 1 heterocycles. The summed E-state index contributed by atoms with van der Waals surface area (Å²) in [6.45, 7) is 2.51. The molecule has 0 atom stereocenters. The van der Waals surface area contributed by atoms with Crippen molar-refractivity contribution in [1.29, 1.82) is 0 Å². The Labute approximate surface area is 162 Å². The molecule has 0 radical (unpaired) electrons. The zero-order chi connectivity index (χ0) is 19.2. The molecular formula is C20H20ClFN4O. The van der Waals surface area contributed by atoms with Crippen LogP contribution in [0.4, 0.5) is 21.7 Å². The Morgan fingerprint density at radius 2 is 1.85 bits per heavy atom. The third kappa shape index (κ3) is 5.08. The second-order valence-corrected chi connectivity index (χ2v) is 6.34. The van der Waals surface area contributed by atoms with E-state index in [1.807, 2.05) is 31.2 Å². The Morgan fingerprint density at radius 3 is 2.63 bits per heavy atom. The summed E-state index contributed by atoms with van der Waals surface area (Å²) in [6, 6.07) is 14.1. The molecule has 0 fully saturated rings. The normalized spacial score (nSPS) is 10.5. The number of rotatable bonds is 7. The smallest absolute Gasteiger partial charge is 0.141 e. The molecule has 7 heteroatoms. The summed E-state index contributed by atoms with van der Waals surface area (Å²) < 4.78 is 18.7. The molecule has 0 aliphatic rings. The Kier molecular flexibility index (Phi) is 6.08. The van der Waals surface area contributed by atoms with Crippen molar-refractivity contribution in [2.75, 3.05) is 24.3 Å². The predicted molar refractivity (Wildman–Crippen MR) is 107 cm³/mol. The molecule has 2 N–H and O–H groups in total. The molecule has 0 bridgehead atoms. The fourth-order valence-corrected chi connectivity index (χ4v) is 2.86. The third-order valence-electron chi connectivity index (χ3n) is 3.92. The van der Waals surface area contributed by atoms with Crippen molar-refractivity contribution in [3.05, 3.63) is 70.8 Å². The fourth-order valence-electron chi connectivity index (χ4n) is 2.68. The van der Waals surface area contributed by atoms with E-state index in [2.05, 4.69) is 20.6 Å². The summed E-state index contributed by atoms with van der Waals surface area (Å²) in [7, 11) is 1.67. The van der Waals surface area contributed by atoms with E-state index in [1.54, 1.807) is 19.2 Å². The van der Waals surface area contributed by atoms with Gasteiger partial charge in [0.2, 0.25) is 0 Å². The van der Waals surface area contributed by atoms with Crippen molar-refractivity contribution in [3.63, 3.8) is 0 Å². The standard InChI is InChI=1S/C20H20ClFN4O/c1-13-24-19(23-10-9-14-5-3-4-6-18(14)27-2)12-20(25-13)26-15-7-8-17(22)16(21)11-15/h3-8,11-12H,9-10H2,1-2H3,(H2,23,24,25,26). The topological polar surface area (TPSA) is 59.1 Å². The number of ether oxygens (including phenoxy) is 1. The van der Waals surface area contributed by atoms with Gasteiger partial charge in [-0.1, -0.05) is 29.8 Å². The van der Waals surface area contributed by atoms with Crippen LogP contribution >= 0.6 is 11.6 Å².